The van der Waals surface area contributed by atoms with E-state index in [9.17, 15) is 5.11 Å². The molecule has 1 saturated carbocycles. The van der Waals surface area contributed by atoms with E-state index >= 15 is 0 Å². The van der Waals surface area contributed by atoms with E-state index in [1.54, 1.807) is 0 Å². The number of nitrogens with zero attached hydrogens (tertiary/aromatic N) is 3. The maximum atomic E-state index is 10.1. The lowest BCUT2D eigenvalue weighted by atomic mass is 10.1. The Bertz CT molecular complexity index is 930. The van der Waals surface area contributed by atoms with E-state index in [0.29, 0.717) is 6.54 Å². The minimum absolute atomic E-state index is 0.364. The van der Waals surface area contributed by atoms with Crippen molar-refractivity contribution in [3.63, 3.8) is 0 Å². The van der Waals surface area contributed by atoms with E-state index in [-0.39, 0.29) is 6.10 Å². The third-order valence-corrected chi connectivity index (χ3v) is 5.43. The Balaban J connectivity index is 1.73. The van der Waals surface area contributed by atoms with Crippen molar-refractivity contribution in [2.75, 3.05) is 13.1 Å². The Morgan fingerprint density at radius 1 is 1.10 bits per heavy atom. The highest BCUT2D eigenvalue weighted by Gasteiger charge is 2.28. The fourth-order valence-corrected chi connectivity index (χ4v) is 3.84. The first-order chi connectivity index (χ1) is 14.6. The monoisotopic (exact) mass is 405 g/mol. The zero-order chi connectivity index (χ0) is 20.9. The molecular formula is C25H31N3O2. The molecule has 0 saturated heterocycles. The minimum atomic E-state index is -0.364. The predicted octanol–water partition coefficient (Wildman–Crippen LogP) is 4.82. The van der Waals surface area contributed by atoms with Crippen molar-refractivity contribution < 1.29 is 9.84 Å². The summed E-state index contributed by atoms with van der Waals surface area (Å²) >= 11 is 0. The van der Waals surface area contributed by atoms with Crippen LogP contribution in [-0.2, 0) is 13.0 Å². The molecule has 1 heterocycles. The highest BCUT2D eigenvalue weighted by atomic mass is 16.5. The Morgan fingerprint density at radius 2 is 1.77 bits per heavy atom. The van der Waals surface area contributed by atoms with Gasteiger partial charge < -0.3 is 9.84 Å². The summed E-state index contributed by atoms with van der Waals surface area (Å²) in [4.78, 5) is 2.35. The summed E-state index contributed by atoms with van der Waals surface area (Å²) in [6.45, 7) is 6.37. The van der Waals surface area contributed by atoms with Crippen LogP contribution in [0.25, 0.3) is 5.69 Å². The van der Waals surface area contributed by atoms with Gasteiger partial charge in [0.25, 0.3) is 0 Å². The fourth-order valence-electron chi connectivity index (χ4n) is 3.84. The Hall–Kier alpha value is -2.63. The van der Waals surface area contributed by atoms with Crippen LogP contribution in [0.15, 0.2) is 60.7 Å². The number of aliphatic hydroxyl groups excluding tert-OH is 1. The molecule has 2 aromatic carbocycles. The predicted molar refractivity (Wildman–Crippen MR) is 119 cm³/mol. The summed E-state index contributed by atoms with van der Waals surface area (Å²) in [5.41, 5.74) is 3.12. The Morgan fingerprint density at radius 3 is 2.37 bits per heavy atom. The first kappa shape index (κ1) is 20.6. The van der Waals surface area contributed by atoms with E-state index in [4.69, 9.17) is 9.84 Å². The van der Waals surface area contributed by atoms with Gasteiger partial charge in [-0.05, 0) is 56.4 Å². The lowest BCUT2D eigenvalue weighted by Gasteiger charge is -2.24. The molecule has 0 aliphatic heterocycles. The number of ether oxygens (including phenoxy) is 1. The van der Waals surface area contributed by atoms with Gasteiger partial charge in [-0.1, -0.05) is 43.3 Å². The van der Waals surface area contributed by atoms with Crippen LogP contribution in [0, 0.1) is 5.92 Å². The van der Waals surface area contributed by atoms with Gasteiger partial charge in [0, 0.05) is 19.6 Å². The van der Waals surface area contributed by atoms with Crippen LogP contribution in [0.4, 0.5) is 0 Å². The molecule has 1 aliphatic carbocycles. The van der Waals surface area contributed by atoms with Crippen molar-refractivity contribution in [1.29, 1.82) is 0 Å². The number of para-hydroxylation sites is 2. The van der Waals surface area contributed by atoms with Crippen LogP contribution in [0.2, 0.25) is 0 Å². The standard InChI is InChI=1S/C25H31N3O2/c1-3-24-23(18-27(16-19(2)29)17-20-14-15-20)25(30-22-12-8-5-9-13-22)28(26-24)21-10-6-4-7-11-21/h4-13,19-20,29H,3,14-18H2,1-2H3. The zero-order valence-corrected chi connectivity index (χ0v) is 17.9. The first-order valence-electron chi connectivity index (χ1n) is 10.9. The number of benzene rings is 2. The van der Waals surface area contributed by atoms with Gasteiger partial charge in [0.15, 0.2) is 0 Å². The molecule has 0 amide bonds. The topological polar surface area (TPSA) is 50.5 Å². The second-order valence-electron chi connectivity index (χ2n) is 8.23. The van der Waals surface area contributed by atoms with Crippen LogP contribution in [0.1, 0.15) is 37.9 Å². The zero-order valence-electron chi connectivity index (χ0n) is 17.9. The molecule has 1 aliphatic rings. The van der Waals surface area contributed by atoms with Crippen molar-refractivity contribution >= 4 is 0 Å². The van der Waals surface area contributed by atoms with E-state index in [2.05, 4.69) is 11.8 Å². The van der Waals surface area contributed by atoms with Crippen molar-refractivity contribution in [1.82, 2.24) is 14.7 Å². The van der Waals surface area contributed by atoms with Crippen molar-refractivity contribution in [2.24, 2.45) is 5.92 Å². The molecule has 5 heteroatoms. The van der Waals surface area contributed by atoms with Gasteiger partial charge >= 0.3 is 0 Å². The highest BCUT2D eigenvalue weighted by Crippen LogP contribution is 2.34. The van der Waals surface area contributed by atoms with E-state index < -0.39 is 0 Å². The number of hydrogen-bond acceptors (Lipinski definition) is 4. The van der Waals surface area contributed by atoms with Crippen LogP contribution < -0.4 is 4.74 Å². The van der Waals surface area contributed by atoms with Crippen molar-refractivity contribution in [2.45, 2.75) is 45.8 Å². The average Bonchev–Trinajstić information content (AvgIpc) is 3.51. The number of aromatic nitrogens is 2. The molecular weight excluding hydrogens is 374 g/mol. The van der Waals surface area contributed by atoms with Gasteiger partial charge in [-0.25, -0.2) is 4.68 Å². The highest BCUT2D eigenvalue weighted by molar-refractivity contribution is 5.43. The number of aliphatic hydroxyl groups is 1. The molecule has 1 unspecified atom stereocenters. The van der Waals surface area contributed by atoms with Crippen LogP contribution in [0.3, 0.4) is 0 Å². The van der Waals surface area contributed by atoms with E-state index in [0.717, 1.165) is 54.0 Å². The van der Waals surface area contributed by atoms with Crippen LogP contribution in [0.5, 0.6) is 11.6 Å². The molecule has 3 aromatic rings. The fraction of sp³-hybridized carbons (Fsp3) is 0.400. The van der Waals surface area contributed by atoms with Crippen molar-refractivity contribution in [3.8, 4) is 17.3 Å². The molecule has 1 atom stereocenters. The summed E-state index contributed by atoms with van der Waals surface area (Å²) in [7, 11) is 0. The number of rotatable bonds is 10. The summed E-state index contributed by atoms with van der Waals surface area (Å²) in [6.07, 6.45) is 3.03. The second kappa shape index (κ2) is 9.45. The molecule has 0 bridgehead atoms. The minimum Gasteiger partial charge on any atom is -0.439 e. The normalized spacial score (nSPS) is 14.8. The quantitative estimate of drug-likeness (QED) is 0.525. The molecule has 0 radical (unpaired) electrons. The van der Waals surface area contributed by atoms with E-state index in [1.807, 2.05) is 72.3 Å². The molecule has 1 aromatic heterocycles. The maximum Gasteiger partial charge on any atom is 0.227 e. The molecule has 158 valence electrons. The SMILES string of the molecule is CCc1nn(-c2ccccc2)c(Oc2ccccc2)c1CN(CC(C)O)CC1CC1. The van der Waals surface area contributed by atoms with Crippen LogP contribution >= 0.6 is 0 Å². The number of aryl methyl sites for hydroxylation is 1. The molecule has 0 spiro atoms. The van der Waals surface area contributed by atoms with Gasteiger partial charge in [-0.2, -0.15) is 5.10 Å². The number of hydrogen-bond donors (Lipinski definition) is 1. The molecule has 1 fully saturated rings. The van der Waals surface area contributed by atoms with E-state index in [1.165, 1.54) is 12.8 Å². The van der Waals surface area contributed by atoms with Gasteiger partial charge in [0.1, 0.15) is 5.75 Å². The lowest BCUT2D eigenvalue weighted by Crippen LogP contribution is -2.32. The lowest BCUT2D eigenvalue weighted by molar-refractivity contribution is 0.118. The summed E-state index contributed by atoms with van der Waals surface area (Å²) in [6, 6.07) is 20.0. The largest absolute Gasteiger partial charge is 0.439 e. The second-order valence-corrected chi connectivity index (χ2v) is 8.23. The average molecular weight is 406 g/mol. The van der Waals surface area contributed by atoms with Gasteiger partial charge in [0.05, 0.1) is 23.0 Å². The Labute approximate surface area is 178 Å². The maximum absolute atomic E-state index is 10.1. The molecule has 30 heavy (non-hydrogen) atoms. The summed E-state index contributed by atoms with van der Waals surface area (Å²) < 4.78 is 8.33. The van der Waals surface area contributed by atoms with Crippen LogP contribution in [-0.4, -0.2) is 39.0 Å². The molecule has 5 nitrogen and oxygen atoms in total. The summed E-state index contributed by atoms with van der Waals surface area (Å²) in [5.74, 6) is 2.30. The smallest absolute Gasteiger partial charge is 0.227 e. The third-order valence-electron chi connectivity index (χ3n) is 5.43. The first-order valence-corrected chi connectivity index (χ1v) is 10.9. The van der Waals surface area contributed by atoms with Gasteiger partial charge in [0.2, 0.25) is 5.88 Å². The summed E-state index contributed by atoms with van der Waals surface area (Å²) in [5, 5.41) is 15.0. The molecule has 1 N–H and O–H groups in total. The third kappa shape index (κ3) is 5.10. The van der Waals surface area contributed by atoms with Gasteiger partial charge in [-0.15, -0.1) is 0 Å². The Kier molecular flexibility index (Phi) is 6.50. The van der Waals surface area contributed by atoms with Gasteiger partial charge in [-0.3, -0.25) is 4.90 Å². The molecule has 4 rings (SSSR count). The van der Waals surface area contributed by atoms with Crippen molar-refractivity contribution in [3.05, 3.63) is 71.9 Å².